The Morgan fingerprint density at radius 3 is 2.52 bits per heavy atom. The van der Waals surface area contributed by atoms with Gasteiger partial charge in [0, 0.05) is 30.6 Å². The maximum atomic E-state index is 10.8. The van der Waals surface area contributed by atoms with Crippen molar-refractivity contribution in [3.63, 3.8) is 0 Å². The number of phenols is 1. The molecule has 1 unspecified atom stereocenters. The summed E-state index contributed by atoms with van der Waals surface area (Å²) in [7, 11) is 0. The van der Waals surface area contributed by atoms with Crippen LogP contribution in [0.25, 0.3) is 10.9 Å². The molecular formula is C19H20N3O+. The molecular weight excluding hydrogens is 286 g/mol. The summed E-state index contributed by atoms with van der Waals surface area (Å²) in [6.45, 7) is 2.22. The van der Waals surface area contributed by atoms with Crippen LogP contribution >= 0.6 is 0 Å². The topological polar surface area (TPSA) is 50.5 Å². The zero-order valence-corrected chi connectivity index (χ0v) is 12.9. The number of hydrogen-bond donors (Lipinski definition) is 2. The summed E-state index contributed by atoms with van der Waals surface area (Å²) < 4.78 is 0. The summed E-state index contributed by atoms with van der Waals surface area (Å²) in [5.74, 6) is 0.290. The van der Waals surface area contributed by atoms with Crippen molar-refractivity contribution in [2.24, 2.45) is 0 Å². The Hall–Kier alpha value is -2.46. The van der Waals surface area contributed by atoms with Gasteiger partial charge < -0.3 is 10.0 Å². The molecule has 4 rings (SSSR count). The molecule has 0 amide bonds. The molecule has 0 spiro atoms. The lowest BCUT2D eigenvalue weighted by Gasteiger charge is -2.25. The number of aromatic nitrogens is 2. The van der Waals surface area contributed by atoms with Gasteiger partial charge in [-0.05, 0) is 24.3 Å². The van der Waals surface area contributed by atoms with Crippen molar-refractivity contribution >= 4 is 10.9 Å². The number of likely N-dealkylation sites (tertiary alicyclic amines) is 1. The average molecular weight is 306 g/mol. The van der Waals surface area contributed by atoms with Gasteiger partial charge in [-0.25, -0.2) is 0 Å². The molecule has 1 aliphatic rings. The summed E-state index contributed by atoms with van der Waals surface area (Å²) in [6.07, 6.45) is 6.01. The Balaban J connectivity index is 1.88. The number of fused-ring (bicyclic) bond motifs is 1. The molecule has 116 valence electrons. The molecule has 2 aromatic heterocycles. The zero-order valence-electron chi connectivity index (χ0n) is 12.9. The molecule has 3 aromatic rings. The molecule has 1 atom stereocenters. The number of aromatic hydroxyl groups is 1. The Bertz CT molecular complexity index is 813. The van der Waals surface area contributed by atoms with Gasteiger partial charge in [-0.2, -0.15) is 0 Å². The van der Waals surface area contributed by atoms with E-state index in [1.54, 1.807) is 6.20 Å². The molecule has 1 fully saturated rings. The second-order valence-electron chi connectivity index (χ2n) is 6.13. The molecule has 23 heavy (non-hydrogen) atoms. The van der Waals surface area contributed by atoms with Crippen LogP contribution in [0, 0.1) is 0 Å². The number of rotatable bonds is 3. The van der Waals surface area contributed by atoms with Gasteiger partial charge in [-0.15, -0.1) is 0 Å². The lowest BCUT2D eigenvalue weighted by atomic mass is 9.98. The van der Waals surface area contributed by atoms with Crippen LogP contribution in [-0.2, 0) is 0 Å². The Labute approximate surface area is 135 Å². The van der Waals surface area contributed by atoms with Gasteiger partial charge in [0.15, 0.2) is 11.8 Å². The zero-order chi connectivity index (χ0) is 15.6. The summed E-state index contributed by atoms with van der Waals surface area (Å²) in [6, 6.07) is 14.0. The van der Waals surface area contributed by atoms with E-state index in [0.717, 1.165) is 29.7 Å². The molecule has 4 heteroatoms. The number of phenolic OH excluding ortho intramolecular Hbond substituents is 1. The van der Waals surface area contributed by atoms with Crippen molar-refractivity contribution < 1.29 is 10.0 Å². The molecule has 4 nitrogen and oxygen atoms in total. The molecule has 1 saturated heterocycles. The van der Waals surface area contributed by atoms with E-state index in [0.29, 0.717) is 5.52 Å². The number of nitrogens with zero attached hydrogens (tertiary/aromatic N) is 2. The van der Waals surface area contributed by atoms with Crippen molar-refractivity contribution in [3.05, 3.63) is 66.1 Å². The van der Waals surface area contributed by atoms with Gasteiger partial charge in [0.2, 0.25) is 0 Å². The van der Waals surface area contributed by atoms with Crippen molar-refractivity contribution in [2.45, 2.75) is 18.9 Å². The van der Waals surface area contributed by atoms with Crippen LogP contribution in [0.2, 0.25) is 0 Å². The van der Waals surface area contributed by atoms with Crippen molar-refractivity contribution in [2.75, 3.05) is 13.1 Å². The number of nitrogens with one attached hydrogen (secondary N) is 1. The predicted octanol–water partition coefficient (Wildman–Crippen LogP) is 2.10. The van der Waals surface area contributed by atoms with E-state index in [1.807, 2.05) is 42.6 Å². The van der Waals surface area contributed by atoms with E-state index >= 15 is 0 Å². The fourth-order valence-electron chi connectivity index (χ4n) is 3.63. The Kier molecular flexibility index (Phi) is 3.67. The minimum absolute atomic E-state index is 0.0603. The van der Waals surface area contributed by atoms with Crippen molar-refractivity contribution in [1.82, 2.24) is 9.97 Å². The molecule has 0 radical (unpaired) electrons. The number of pyridine rings is 2. The maximum absolute atomic E-state index is 10.8. The first-order valence-electron chi connectivity index (χ1n) is 8.17. The highest BCUT2D eigenvalue weighted by Gasteiger charge is 2.32. The van der Waals surface area contributed by atoms with Gasteiger partial charge in [0.25, 0.3) is 0 Å². The van der Waals surface area contributed by atoms with E-state index in [2.05, 4.69) is 16.0 Å². The molecule has 0 bridgehead atoms. The minimum atomic E-state index is 0.0603. The molecule has 1 aliphatic heterocycles. The van der Waals surface area contributed by atoms with E-state index < -0.39 is 0 Å². The highest BCUT2D eigenvalue weighted by Crippen LogP contribution is 2.32. The first kappa shape index (κ1) is 14.2. The molecule has 0 saturated carbocycles. The van der Waals surface area contributed by atoms with E-state index in [1.165, 1.54) is 17.7 Å². The average Bonchev–Trinajstić information content (AvgIpc) is 3.13. The first-order valence-corrected chi connectivity index (χ1v) is 8.17. The third-order valence-electron chi connectivity index (χ3n) is 4.73. The SMILES string of the molecule is Oc1c(C(c2ccccn2)[NH+]2CCCC2)ccc2cccnc12. The van der Waals surface area contributed by atoms with Gasteiger partial charge >= 0.3 is 0 Å². The number of hydrogen-bond acceptors (Lipinski definition) is 3. The third-order valence-corrected chi connectivity index (χ3v) is 4.73. The van der Waals surface area contributed by atoms with E-state index in [9.17, 15) is 5.11 Å². The van der Waals surface area contributed by atoms with Crippen LogP contribution in [0.4, 0.5) is 0 Å². The first-order chi connectivity index (χ1) is 11.3. The van der Waals surface area contributed by atoms with E-state index in [4.69, 9.17) is 0 Å². The second-order valence-corrected chi connectivity index (χ2v) is 6.13. The number of benzene rings is 1. The van der Waals surface area contributed by atoms with Crippen LogP contribution in [0.5, 0.6) is 5.75 Å². The number of quaternary nitrogens is 1. The standard InChI is InChI=1S/C19H19N3O/c23-19-15(9-8-14-6-5-11-21-17(14)19)18(22-12-3-4-13-22)16-7-1-2-10-20-16/h1-2,5-11,18,23H,3-4,12-13H2/p+1. The van der Waals surface area contributed by atoms with Gasteiger partial charge in [-0.1, -0.05) is 18.2 Å². The highest BCUT2D eigenvalue weighted by molar-refractivity contribution is 5.85. The van der Waals surface area contributed by atoms with Gasteiger partial charge in [0.05, 0.1) is 18.7 Å². The molecule has 3 heterocycles. The normalized spacial score (nSPS) is 16.7. The smallest absolute Gasteiger partial charge is 0.160 e. The quantitative estimate of drug-likeness (QED) is 0.779. The Morgan fingerprint density at radius 2 is 1.74 bits per heavy atom. The maximum Gasteiger partial charge on any atom is 0.160 e. The fraction of sp³-hybridized carbons (Fsp3) is 0.263. The van der Waals surface area contributed by atoms with Crippen molar-refractivity contribution in [3.8, 4) is 5.75 Å². The van der Waals surface area contributed by atoms with Crippen LogP contribution in [-0.4, -0.2) is 28.2 Å². The largest absolute Gasteiger partial charge is 0.505 e. The predicted molar refractivity (Wildman–Crippen MR) is 89.4 cm³/mol. The minimum Gasteiger partial charge on any atom is -0.505 e. The molecule has 2 N–H and O–H groups in total. The monoisotopic (exact) mass is 306 g/mol. The van der Waals surface area contributed by atoms with Crippen LogP contribution in [0.3, 0.4) is 0 Å². The molecule has 1 aromatic carbocycles. The van der Waals surface area contributed by atoms with Gasteiger partial charge in [0.1, 0.15) is 11.2 Å². The highest BCUT2D eigenvalue weighted by atomic mass is 16.3. The molecule has 0 aliphatic carbocycles. The third kappa shape index (κ3) is 2.55. The van der Waals surface area contributed by atoms with Crippen molar-refractivity contribution in [1.29, 1.82) is 0 Å². The lowest BCUT2D eigenvalue weighted by Crippen LogP contribution is -3.10. The fourth-order valence-corrected chi connectivity index (χ4v) is 3.63. The van der Waals surface area contributed by atoms with Crippen LogP contribution in [0.1, 0.15) is 30.1 Å². The van der Waals surface area contributed by atoms with Gasteiger partial charge in [-0.3, -0.25) is 9.97 Å². The lowest BCUT2D eigenvalue weighted by molar-refractivity contribution is -0.914. The summed E-state index contributed by atoms with van der Waals surface area (Å²) >= 11 is 0. The Morgan fingerprint density at radius 1 is 0.913 bits per heavy atom. The summed E-state index contributed by atoms with van der Waals surface area (Å²) in [5, 5.41) is 11.8. The summed E-state index contributed by atoms with van der Waals surface area (Å²) in [5.41, 5.74) is 2.60. The van der Waals surface area contributed by atoms with Crippen LogP contribution < -0.4 is 4.90 Å². The summed E-state index contributed by atoms with van der Waals surface area (Å²) in [4.78, 5) is 10.4. The second kappa shape index (κ2) is 5.97. The van der Waals surface area contributed by atoms with Crippen LogP contribution in [0.15, 0.2) is 54.9 Å². The van der Waals surface area contributed by atoms with E-state index in [-0.39, 0.29) is 11.8 Å².